The third kappa shape index (κ3) is 1.37. The van der Waals surface area contributed by atoms with Crippen LogP contribution >= 0.6 is 0 Å². The number of hydrogen-bond acceptors (Lipinski definition) is 2. The van der Waals surface area contributed by atoms with Crippen molar-refractivity contribution in [3.8, 4) is 0 Å². The zero-order valence-electron chi connectivity index (χ0n) is 9.90. The molecule has 2 aromatic rings. The van der Waals surface area contributed by atoms with Crippen LogP contribution in [-0.2, 0) is 0 Å². The summed E-state index contributed by atoms with van der Waals surface area (Å²) in [5.74, 6) is 0.0954. The van der Waals surface area contributed by atoms with Gasteiger partial charge in [0.05, 0.1) is 5.56 Å². The Labute approximate surface area is 100 Å². The van der Waals surface area contributed by atoms with Crippen LogP contribution in [0.3, 0.4) is 0 Å². The van der Waals surface area contributed by atoms with E-state index in [0.717, 1.165) is 27.6 Å². The zero-order valence-corrected chi connectivity index (χ0v) is 9.90. The summed E-state index contributed by atoms with van der Waals surface area (Å²) in [7, 11) is 3.93. The monoisotopic (exact) mass is 223 g/mol. The third-order valence-corrected chi connectivity index (χ3v) is 3.20. The van der Waals surface area contributed by atoms with Crippen LogP contribution in [-0.4, -0.2) is 19.9 Å². The summed E-state index contributed by atoms with van der Waals surface area (Å²) >= 11 is 0. The van der Waals surface area contributed by atoms with E-state index in [1.807, 2.05) is 49.3 Å². The second kappa shape index (κ2) is 3.45. The van der Waals surface area contributed by atoms with E-state index >= 15 is 0 Å². The number of rotatable bonds is 1. The van der Waals surface area contributed by atoms with Gasteiger partial charge < -0.3 is 4.90 Å². The highest BCUT2D eigenvalue weighted by Crippen LogP contribution is 2.34. The van der Waals surface area contributed by atoms with Crippen LogP contribution < -0.4 is 4.90 Å². The smallest absolute Gasteiger partial charge is 0.188 e. The Hall–Kier alpha value is -2.09. The van der Waals surface area contributed by atoms with E-state index in [-0.39, 0.29) is 5.78 Å². The molecule has 3 rings (SSSR count). The van der Waals surface area contributed by atoms with E-state index in [1.165, 1.54) is 0 Å². The zero-order chi connectivity index (χ0) is 12.0. The minimum Gasteiger partial charge on any atom is -0.377 e. The lowest BCUT2D eigenvalue weighted by Gasteiger charge is -2.20. The summed E-state index contributed by atoms with van der Waals surface area (Å²) in [4.78, 5) is 14.1. The molecule has 0 amide bonds. The van der Waals surface area contributed by atoms with Gasteiger partial charge in [-0.2, -0.15) is 0 Å². The highest BCUT2D eigenvalue weighted by atomic mass is 16.1. The number of nitrogens with zero attached hydrogens (tertiary/aromatic N) is 1. The van der Waals surface area contributed by atoms with Crippen molar-refractivity contribution in [1.82, 2.24) is 0 Å². The number of ketones is 1. The molecule has 1 aliphatic carbocycles. The molecule has 84 valence electrons. The first-order valence-electron chi connectivity index (χ1n) is 5.64. The van der Waals surface area contributed by atoms with E-state index in [1.54, 1.807) is 6.08 Å². The summed E-state index contributed by atoms with van der Waals surface area (Å²) in [5, 5.41) is 2.20. The normalized spacial score (nSPS) is 13.2. The highest BCUT2D eigenvalue weighted by molar-refractivity contribution is 6.23. The molecule has 0 atom stereocenters. The van der Waals surface area contributed by atoms with Crippen molar-refractivity contribution in [1.29, 1.82) is 0 Å². The quantitative estimate of drug-likeness (QED) is 0.740. The van der Waals surface area contributed by atoms with Crippen LogP contribution in [0.25, 0.3) is 16.8 Å². The van der Waals surface area contributed by atoms with Gasteiger partial charge in [0.15, 0.2) is 5.78 Å². The summed E-state index contributed by atoms with van der Waals surface area (Å²) < 4.78 is 0. The molecule has 0 N–H and O–H groups in total. The average molecular weight is 223 g/mol. The van der Waals surface area contributed by atoms with E-state index in [2.05, 4.69) is 6.07 Å². The summed E-state index contributed by atoms with van der Waals surface area (Å²) in [6.07, 6.45) is 3.56. The number of allylic oxidation sites excluding steroid dienone is 1. The Morgan fingerprint density at radius 1 is 1.00 bits per heavy atom. The molecule has 0 saturated heterocycles. The Morgan fingerprint density at radius 2 is 1.82 bits per heavy atom. The third-order valence-electron chi connectivity index (χ3n) is 3.20. The van der Waals surface area contributed by atoms with Gasteiger partial charge in [0.2, 0.25) is 0 Å². The highest BCUT2D eigenvalue weighted by Gasteiger charge is 2.19. The molecule has 0 bridgehead atoms. The second-order valence-corrected chi connectivity index (χ2v) is 4.50. The lowest BCUT2D eigenvalue weighted by atomic mass is 9.91. The van der Waals surface area contributed by atoms with Gasteiger partial charge in [-0.05, 0) is 23.1 Å². The predicted molar refractivity (Wildman–Crippen MR) is 71.6 cm³/mol. The van der Waals surface area contributed by atoms with Crippen LogP contribution in [0, 0.1) is 0 Å². The largest absolute Gasteiger partial charge is 0.377 e. The summed E-state index contributed by atoms with van der Waals surface area (Å²) in [6, 6.07) is 10.2. The molecule has 2 heteroatoms. The van der Waals surface area contributed by atoms with Crippen molar-refractivity contribution in [3.63, 3.8) is 0 Å². The van der Waals surface area contributed by atoms with Gasteiger partial charge in [0.1, 0.15) is 0 Å². The van der Waals surface area contributed by atoms with Crippen LogP contribution in [0.5, 0.6) is 0 Å². The molecule has 0 fully saturated rings. The molecule has 0 unspecified atom stereocenters. The van der Waals surface area contributed by atoms with Gasteiger partial charge >= 0.3 is 0 Å². The molecule has 0 aromatic heterocycles. The minimum absolute atomic E-state index is 0.0954. The van der Waals surface area contributed by atoms with E-state index < -0.39 is 0 Å². The first-order chi connectivity index (χ1) is 8.18. The predicted octanol–water partition coefficient (Wildman–Crippen LogP) is 3.12. The van der Waals surface area contributed by atoms with Crippen molar-refractivity contribution in [2.75, 3.05) is 19.0 Å². The number of benzene rings is 2. The lowest BCUT2D eigenvalue weighted by molar-refractivity contribution is 0.104. The molecular formula is C15H13NO. The molecule has 0 aliphatic heterocycles. The molecule has 0 radical (unpaired) electrons. The number of carbonyl (C=O) groups is 1. The summed E-state index contributed by atoms with van der Waals surface area (Å²) in [6.45, 7) is 0. The van der Waals surface area contributed by atoms with Gasteiger partial charge in [-0.3, -0.25) is 4.79 Å². The summed E-state index contributed by atoms with van der Waals surface area (Å²) in [5.41, 5.74) is 2.94. The van der Waals surface area contributed by atoms with E-state index in [4.69, 9.17) is 0 Å². The molecule has 2 aromatic carbocycles. The van der Waals surface area contributed by atoms with Crippen LogP contribution in [0.15, 0.2) is 36.4 Å². The van der Waals surface area contributed by atoms with Gasteiger partial charge in [0.25, 0.3) is 0 Å². The average Bonchev–Trinajstić information content (AvgIpc) is 2.33. The first kappa shape index (κ1) is 10.1. The lowest BCUT2D eigenvalue weighted by Crippen LogP contribution is -2.15. The van der Waals surface area contributed by atoms with Gasteiger partial charge in [-0.25, -0.2) is 0 Å². The van der Waals surface area contributed by atoms with Gasteiger partial charge in [-0.15, -0.1) is 0 Å². The van der Waals surface area contributed by atoms with Crippen LogP contribution in [0.2, 0.25) is 0 Å². The second-order valence-electron chi connectivity index (χ2n) is 4.50. The number of anilines is 1. The fourth-order valence-corrected chi connectivity index (χ4v) is 2.41. The molecule has 2 nitrogen and oxygen atoms in total. The Morgan fingerprint density at radius 3 is 2.59 bits per heavy atom. The number of carbonyl (C=O) groups excluding carboxylic acids is 1. The maximum Gasteiger partial charge on any atom is 0.188 e. The minimum atomic E-state index is 0.0954. The van der Waals surface area contributed by atoms with Crippen molar-refractivity contribution in [2.24, 2.45) is 0 Å². The SMILES string of the molecule is CN(C)c1ccc2cccc3c2c1C(=O)C=C3. The molecule has 0 spiro atoms. The fraction of sp³-hybridized carbons (Fsp3) is 0.133. The van der Waals surface area contributed by atoms with Gasteiger partial charge in [0, 0.05) is 25.2 Å². The van der Waals surface area contributed by atoms with Crippen molar-refractivity contribution in [3.05, 3.63) is 47.5 Å². The van der Waals surface area contributed by atoms with Crippen molar-refractivity contribution in [2.45, 2.75) is 0 Å². The standard InChI is InChI=1S/C15H13NO/c1-16(2)12-8-6-10-4-3-5-11-7-9-13(17)15(12)14(10)11/h3-9H,1-2H3. The Balaban J connectivity index is 2.50. The molecule has 17 heavy (non-hydrogen) atoms. The molecular weight excluding hydrogens is 210 g/mol. The first-order valence-corrected chi connectivity index (χ1v) is 5.64. The maximum absolute atomic E-state index is 12.1. The maximum atomic E-state index is 12.1. The van der Waals surface area contributed by atoms with Crippen molar-refractivity contribution >= 4 is 28.3 Å². The molecule has 1 aliphatic rings. The number of hydrogen-bond donors (Lipinski definition) is 0. The Kier molecular flexibility index (Phi) is 2.05. The Bertz CT molecular complexity index is 653. The fourth-order valence-electron chi connectivity index (χ4n) is 2.41. The van der Waals surface area contributed by atoms with E-state index in [9.17, 15) is 4.79 Å². The van der Waals surface area contributed by atoms with E-state index in [0.29, 0.717) is 0 Å². The molecule has 0 heterocycles. The van der Waals surface area contributed by atoms with Crippen LogP contribution in [0.4, 0.5) is 5.69 Å². The molecule has 0 saturated carbocycles. The van der Waals surface area contributed by atoms with Gasteiger partial charge in [-0.1, -0.05) is 30.3 Å². The topological polar surface area (TPSA) is 20.3 Å². The van der Waals surface area contributed by atoms with Crippen molar-refractivity contribution < 1.29 is 4.79 Å². The van der Waals surface area contributed by atoms with Crippen LogP contribution in [0.1, 0.15) is 15.9 Å².